The van der Waals surface area contributed by atoms with Gasteiger partial charge in [0.25, 0.3) is 5.56 Å². The summed E-state index contributed by atoms with van der Waals surface area (Å²) < 4.78 is 1.76. The third kappa shape index (κ3) is 3.12. The lowest BCUT2D eigenvalue weighted by Gasteiger charge is -2.19. The molecule has 114 valence electrons. The molecule has 2 rings (SSSR count). The average Bonchev–Trinajstić information content (AvgIpc) is 2.74. The van der Waals surface area contributed by atoms with Crippen molar-refractivity contribution >= 4 is 0 Å². The minimum Gasteiger partial charge on any atom is -0.294 e. The topological polar surface area (TPSA) is 37.8 Å². The van der Waals surface area contributed by atoms with Crippen LogP contribution in [0.2, 0.25) is 0 Å². The Labute approximate surface area is 127 Å². The van der Waals surface area contributed by atoms with Crippen LogP contribution < -0.4 is 5.56 Å². The molecule has 3 nitrogen and oxygen atoms in total. The monoisotopic (exact) mass is 286 g/mol. The van der Waals surface area contributed by atoms with Crippen LogP contribution in [0.15, 0.2) is 29.1 Å². The van der Waals surface area contributed by atoms with Crippen LogP contribution in [0.4, 0.5) is 0 Å². The minimum absolute atomic E-state index is 0.120. The van der Waals surface area contributed by atoms with Gasteiger partial charge < -0.3 is 0 Å². The fourth-order valence-corrected chi connectivity index (χ4v) is 2.61. The number of aryl methyl sites for hydroxylation is 1. The maximum absolute atomic E-state index is 12.8. The summed E-state index contributed by atoms with van der Waals surface area (Å²) in [7, 11) is 0. The normalized spacial score (nSPS) is 11.9. The van der Waals surface area contributed by atoms with Crippen LogP contribution in [0.1, 0.15) is 51.7 Å². The van der Waals surface area contributed by atoms with Gasteiger partial charge in [0.1, 0.15) is 0 Å². The molecule has 2 aromatic rings. The maximum atomic E-state index is 12.8. The molecule has 0 saturated carbocycles. The van der Waals surface area contributed by atoms with Crippen LogP contribution >= 0.6 is 0 Å². The molecule has 0 atom stereocenters. The molecule has 0 unspecified atom stereocenters. The number of rotatable bonds is 4. The first-order chi connectivity index (χ1) is 9.86. The SMILES string of the molecule is CCCCc1c(-c2ccccc2C)[nH]n(C(C)(C)C)c1=O. The summed E-state index contributed by atoms with van der Waals surface area (Å²) in [4.78, 5) is 12.8. The van der Waals surface area contributed by atoms with Gasteiger partial charge in [-0.25, -0.2) is 4.68 Å². The molecule has 1 heterocycles. The van der Waals surface area contributed by atoms with Gasteiger partial charge in [0.2, 0.25) is 0 Å². The van der Waals surface area contributed by atoms with Gasteiger partial charge in [-0.1, -0.05) is 37.6 Å². The van der Waals surface area contributed by atoms with Crippen molar-refractivity contribution < 1.29 is 0 Å². The summed E-state index contributed by atoms with van der Waals surface area (Å²) in [5.41, 5.74) is 4.11. The van der Waals surface area contributed by atoms with E-state index < -0.39 is 0 Å². The zero-order valence-electron chi connectivity index (χ0n) is 13.8. The molecule has 0 spiro atoms. The predicted molar refractivity (Wildman–Crippen MR) is 88.8 cm³/mol. The van der Waals surface area contributed by atoms with E-state index in [1.807, 2.05) is 12.1 Å². The molecule has 3 heteroatoms. The highest BCUT2D eigenvalue weighted by atomic mass is 16.1. The molecule has 0 aliphatic carbocycles. The van der Waals surface area contributed by atoms with Gasteiger partial charge in [0, 0.05) is 11.1 Å². The Kier molecular flexibility index (Phi) is 4.40. The Morgan fingerprint density at radius 3 is 2.43 bits per heavy atom. The van der Waals surface area contributed by atoms with Crippen LogP contribution in [0.5, 0.6) is 0 Å². The Balaban J connectivity index is 2.64. The van der Waals surface area contributed by atoms with Crippen LogP contribution in [0.25, 0.3) is 11.3 Å². The fraction of sp³-hybridized carbons (Fsp3) is 0.500. The van der Waals surface area contributed by atoms with Gasteiger partial charge in [-0.15, -0.1) is 0 Å². The highest BCUT2D eigenvalue weighted by Gasteiger charge is 2.22. The van der Waals surface area contributed by atoms with Gasteiger partial charge in [-0.3, -0.25) is 9.89 Å². The molecule has 1 N–H and O–H groups in total. The van der Waals surface area contributed by atoms with E-state index in [1.54, 1.807) is 4.68 Å². The summed E-state index contributed by atoms with van der Waals surface area (Å²) in [6, 6.07) is 8.23. The maximum Gasteiger partial charge on any atom is 0.270 e. The van der Waals surface area contributed by atoms with Crippen molar-refractivity contribution in [2.75, 3.05) is 0 Å². The molecule has 21 heavy (non-hydrogen) atoms. The molecule has 0 bridgehead atoms. The van der Waals surface area contributed by atoms with Crippen molar-refractivity contribution in [1.82, 2.24) is 9.78 Å². The molecular weight excluding hydrogens is 260 g/mol. The number of nitrogens with one attached hydrogen (secondary N) is 1. The van der Waals surface area contributed by atoms with E-state index >= 15 is 0 Å². The fourth-order valence-electron chi connectivity index (χ4n) is 2.61. The van der Waals surface area contributed by atoms with E-state index in [9.17, 15) is 4.79 Å². The summed E-state index contributed by atoms with van der Waals surface area (Å²) >= 11 is 0. The highest BCUT2D eigenvalue weighted by molar-refractivity contribution is 5.66. The van der Waals surface area contributed by atoms with E-state index in [-0.39, 0.29) is 11.1 Å². The molecule has 0 fully saturated rings. The average molecular weight is 286 g/mol. The van der Waals surface area contributed by atoms with E-state index in [1.165, 1.54) is 5.56 Å². The summed E-state index contributed by atoms with van der Waals surface area (Å²) in [6.45, 7) is 10.4. The highest BCUT2D eigenvalue weighted by Crippen LogP contribution is 2.26. The number of aromatic nitrogens is 2. The standard InChI is InChI=1S/C18H26N2O/c1-6-7-11-15-16(14-12-9-8-10-13(14)2)19-20(17(15)21)18(3,4)5/h8-10,12,19H,6-7,11H2,1-5H3. The van der Waals surface area contributed by atoms with E-state index in [2.05, 4.69) is 51.9 Å². The number of aromatic amines is 1. The van der Waals surface area contributed by atoms with Crippen molar-refractivity contribution in [3.63, 3.8) is 0 Å². The Hall–Kier alpha value is -1.77. The first-order valence-electron chi connectivity index (χ1n) is 7.76. The largest absolute Gasteiger partial charge is 0.294 e. The lowest BCUT2D eigenvalue weighted by molar-refractivity contribution is 0.346. The third-order valence-corrected chi connectivity index (χ3v) is 3.85. The van der Waals surface area contributed by atoms with Crippen LogP contribution in [0, 0.1) is 6.92 Å². The first kappa shape index (κ1) is 15.6. The van der Waals surface area contributed by atoms with Crippen LogP contribution in [-0.4, -0.2) is 9.78 Å². The zero-order chi connectivity index (χ0) is 15.6. The van der Waals surface area contributed by atoms with E-state index in [0.29, 0.717) is 0 Å². The molecule has 0 radical (unpaired) electrons. The molecular formula is C18H26N2O. The summed E-state index contributed by atoms with van der Waals surface area (Å²) in [5.74, 6) is 0. The number of nitrogens with zero attached hydrogens (tertiary/aromatic N) is 1. The van der Waals surface area contributed by atoms with E-state index in [4.69, 9.17) is 0 Å². The second kappa shape index (κ2) is 5.92. The molecule has 1 aromatic carbocycles. The summed E-state index contributed by atoms with van der Waals surface area (Å²) in [6.07, 6.45) is 2.96. The zero-order valence-corrected chi connectivity index (χ0v) is 13.8. The van der Waals surface area contributed by atoms with Gasteiger partial charge in [0.15, 0.2) is 0 Å². The smallest absolute Gasteiger partial charge is 0.270 e. The van der Waals surface area contributed by atoms with Crippen molar-refractivity contribution in [3.8, 4) is 11.3 Å². The predicted octanol–water partition coefficient (Wildman–Crippen LogP) is 4.25. The lowest BCUT2D eigenvalue weighted by Crippen LogP contribution is -2.33. The van der Waals surface area contributed by atoms with Gasteiger partial charge in [-0.05, 0) is 46.1 Å². The van der Waals surface area contributed by atoms with E-state index in [0.717, 1.165) is 36.1 Å². The molecule has 0 saturated heterocycles. The summed E-state index contributed by atoms with van der Waals surface area (Å²) in [5, 5.41) is 3.36. The number of unbranched alkanes of at least 4 members (excludes halogenated alkanes) is 1. The number of benzene rings is 1. The van der Waals surface area contributed by atoms with Gasteiger partial charge in [0.05, 0.1) is 11.2 Å². The number of hydrogen-bond acceptors (Lipinski definition) is 1. The Morgan fingerprint density at radius 2 is 1.86 bits per heavy atom. The molecule has 0 amide bonds. The third-order valence-electron chi connectivity index (χ3n) is 3.85. The first-order valence-corrected chi connectivity index (χ1v) is 7.76. The van der Waals surface area contributed by atoms with Gasteiger partial charge >= 0.3 is 0 Å². The lowest BCUT2D eigenvalue weighted by atomic mass is 10.00. The van der Waals surface area contributed by atoms with Crippen molar-refractivity contribution in [2.45, 2.75) is 59.4 Å². The second-order valence-electron chi connectivity index (χ2n) is 6.70. The van der Waals surface area contributed by atoms with Gasteiger partial charge in [-0.2, -0.15) is 0 Å². The molecule has 1 aromatic heterocycles. The van der Waals surface area contributed by atoms with Crippen molar-refractivity contribution in [3.05, 3.63) is 45.7 Å². The van der Waals surface area contributed by atoms with Crippen LogP contribution in [0.3, 0.4) is 0 Å². The van der Waals surface area contributed by atoms with Crippen molar-refractivity contribution in [1.29, 1.82) is 0 Å². The van der Waals surface area contributed by atoms with Crippen LogP contribution in [-0.2, 0) is 12.0 Å². The molecule has 0 aliphatic rings. The number of hydrogen-bond donors (Lipinski definition) is 1. The quantitative estimate of drug-likeness (QED) is 0.896. The number of H-pyrrole nitrogens is 1. The molecule has 0 aliphatic heterocycles. The second-order valence-corrected chi connectivity index (χ2v) is 6.70. The minimum atomic E-state index is -0.237. The van der Waals surface area contributed by atoms with Crippen molar-refractivity contribution in [2.24, 2.45) is 0 Å². The Morgan fingerprint density at radius 1 is 1.19 bits per heavy atom. The Bertz CT molecular complexity index is 671.